The molecule has 1 aliphatic rings. The molecule has 1 N–H and O–H groups in total. The first kappa shape index (κ1) is 15.6. The van der Waals surface area contributed by atoms with Crippen LogP contribution in [0.2, 0.25) is 0 Å². The molecule has 8 heteroatoms. The van der Waals surface area contributed by atoms with Gasteiger partial charge in [0.05, 0.1) is 18.3 Å². The summed E-state index contributed by atoms with van der Waals surface area (Å²) in [6.45, 7) is 0.148. The summed E-state index contributed by atoms with van der Waals surface area (Å²) >= 11 is 0. The number of carbonyl (C=O) groups excluding carboxylic acids is 1. The molecule has 2 rings (SSSR count). The lowest BCUT2D eigenvalue weighted by Gasteiger charge is -2.22. The molecule has 0 atom stereocenters. The molecule has 116 valence electrons. The highest BCUT2D eigenvalue weighted by molar-refractivity contribution is 5.94. The Balaban J connectivity index is 1.98. The Labute approximate surface area is 120 Å². The molecule has 0 spiro atoms. The van der Waals surface area contributed by atoms with Crippen molar-refractivity contribution in [1.29, 1.82) is 0 Å². The highest BCUT2D eigenvalue weighted by Crippen LogP contribution is 2.18. The van der Waals surface area contributed by atoms with Gasteiger partial charge in [-0.25, -0.2) is 0 Å². The normalized spacial score (nSPS) is 17.6. The third-order valence-corrected chi connectivity index (χ3v) is 3.25. The number of rotatable bonds is 2. The monoisotopic (exact) mass is 303 g/mol. The number of carbonyl (C=O) groups is 1. The van der Waals surface area contributed by atoms with E-state index < -0.39 is 12.7 Å². The third-order valence-electron chi connectivity index (χ3n) is 3.25. The average molecular weight is 303 g/mol. The van der Waals surface area contributed by atoms with Gasteiger partial charge in [0.1, 0.15) is 5.75 Å². The van der Waals surface area contributed by atoms with Crippen molar-refractivity contribution in [2.24, 2.45) is 0 Å². The number of hydrogen-bond donors (Lipinski definition) is 1. The summed E-state index contributed by atoms with van der Waals surface area (Å²) in [4.78, 5) is 18.8. The van der Waals surface area contributed by atoms with Gasteiger partial charge in [-0.2, -0.15) is 13.2 Å². The van der Waals surface area contributed by atoms with E-state index in [1.165, 1.54) is 28.3 Å². The van der Waals surface area contributed by atoms with Crippen molar-refractivity contribution in [1.82, 2.24) is 14.8 Å². The Bertz CT molecular complexity index is 508. The van der Waals surface area contributed by atoms with Crippen LogP contribution in [-0.4, -0.2) is 64.7 Å². The van der Waals surface area contributed by atoms with Crippen LogP contribution in [0.5, 0.6) is 5.75 Å². The van der Waals surface area contributed by atoms with E-state index in [1.807, 2.05) is 0 Å². The molecule has 1 aromatic rings. The molecular formula is C13H16F3N3O2. The van der Waals surface area contributed by atoms with Crippen molar-refractivity contribution in [2.75, 3.05) is 32.7 Å². The minimum atomic E-state index is -4.23. The summed E-state index contributed by atoms with van der Waals surface area (Å²) in [6.07, 6.45) is -1.20. The quantitative estimate of drug-likeness (QED) is 0.899. The summed E-state index contributed by atoms with van der Waals surface area (Å²) in [7, 11) is 0. The number of aromatic hydroxyl groups is 1. The van der Waals surface area contributed by atoms with E-state index in [9.17, 15) is 23.1 Å². The van der Waals surface area contributed by atoms with Gasteiger partial charge < -0.3 is 10.0 Å². The van der Waals surface area contributed by atoms with Crippen molar-refractivity contribution >= 4 is 5.91 Å². The van der Waals surface area contributed by atoms with Crippen molar-refractivity contribution < 1.29 is 23.1 Å². The number of nitrogens with zero attached hydrogens (tertiary/aromatic N) is 3. The zero-order valence-corrected chi connectivity index (χ0v) is 11.3. The molecule has 0 unspecified atom stereocenters. The number of halogens is 3. The number of aromatic nitrogens is 1. The molecule has 2 heterocycles. The van der Waals surface area contributed by atoms with Gasteiger partial charge in [0.2, 0.25) is 0 Å². The molecule has 1 aromatic heterocycles. The molecule has 5 nitrogen and oxygen atoms in total. The predicted octanol–water partition coefficient (Wildman–Crippen LogP) is 1.50. The van der Waals surface area contributed by atoms with Crippen molar-refractivity contribution in [3.05, 3.63) is 24.0 Å². The molecule has 1 amide bonds. The molecule has 21 heavy (non-hydrogen) atoms. The van der Waals surface area contributed by atoms with Crippen molar-refractivity contribution in [2.45, 2.75) is 12.6 Å². The van der Waals surface area contributed by atoms with Crippen LogP contribution in [0.1, 0.15) is 16.8 Å². The highest BCUT2D eigenvalue weighted by Gasteiger charge is 2.32. The molecule has 0 radical (unpaired) electrons. The zero-order valence-electron chi connectivity index (χ0n) is 11.3. The highest BCUT2D eigenvalue weighted by atomic mass is 19.4. The van der Waals surface area contributed by atoms with Gasteiger partial charge in [-0.3, -0.25) is 14.7 Å². The number of amides is 1. The van der Waals surface area contributed by atoms with Gasteiger partial charge in [-0.05, 0) is 12.5 Å². The first-order chi connectivity index (χ1) is 9.85. The number of hydrogen-bond acceptors (Lipinski definition) is 4. The zero-order chi connectivity index (χ0) is 15.5. The molecule has 0 aliphatic carbocycles. The third kappa shape index (κ3) is 4.59. The van der Waals surface area contributed by atoms with Crippen molar-refractivity contribution in [3.8, 4) is 5.75 Å². The topological polar surface area (TPSA) is 56.7 Å². The first-order valence-electron chi connectivity index (χ1n) is 6.57. The molecule has 0 aromatic carbocycles. The molecule has 0 saturated carbocycles. The molecule has 1 fully saturated rings. The van der Waals surface area contributed by atoms with E-state index in [1.54, 1.807) is 0 Å². The maximum atomic E-state index is 12.4. The Morgan fingerprint density at radius 1 is 1.24 bits per heavy atom. The summed E-state index contributed by atoms with van der Waals surface area (Å²) in [6, 6.07) is 1.30. The molecule has 1 saturated heterocycles. The van der Waals surface area contributed by atoms with Gasteiger partial charge in [0, 0.05) is 32.4 Å². The van der Waals surface area contributed by atoms with E-state index in [4.69, 9.17) is 0 Å². The van der Waals surface area contributed by atoms with Gasteiger partial charge >= 0.3 is 6.18 Å². The predicted molar refractivity (Wildman–Crippen MR) is 68.9 cm³/mol. The van der Waals surface area contributed by atoms with Crippen LogP contribution in [0.4, 0.5) is 13.2 Å². The standard InChI is InChI=1S/C13H16F3N3O2/c14-13(15,16)9-18-2-1-3-19(5-4-18)12(21)10-6-11(20)8-17-7-10/h6-8,20H,1-5,9H2. The largest absolute Gasteiger partial charge is 0.506 e. The van der Waals surface area contributed by atoms with Gasteiger partial charge in [-0.15, -0.1) is 0 Å². The minimum Gasteiger partial charge on any atom is -0.506 e. The second kappa shape index (κ2) is 6.30. The van der Waals surface area contributed by atoms with E-state index in [0.717, 1.165) is 0 Å². The maximum absolute atomic E-state index is 12.4. The first-order valence-corrected chi connectivity index (χ1v) is 6.57. The van der Waals surface area contributed by atoms with Crippen LogP contribution in [0.3, 0.4) is 0 Å². The smallest absolute Gasteiger partial charge is 0.401 e. The van der Waals surface area contributed by atoms with Gasteiger partial charge in [0.15, 0.2) is 0 Å². The summed E-state index contributed by atoms with van der Waals surface area (Å²) in [5.41, 5.74) is 0.235. The Morgan fingerprint density at radius 2 is 2.00 bits per heavy atom. The van der Waals surface area contributed by atoms with Crippen LogP contribution < -0.4 is 0 Å². The van der Waals surface area contributed by atoms with E-state index >= 15 is 0 Å². The summed E-state index contributed by atoms with van der Waals surface area (Å²) in [5.74, 6) is -0.443. The van der Waals surface area contributed by atoms with Crippen molar-refractivity contribution in [3.63, 3.8) is 0 Å². The Morgan fingerprint density at radius 3 is 2.67 bits per heavy atom. The van der Waals surface area contributed by atoms with Crippen LogP contribution in [0.15, 0.2) is 18.5 Å². The van der Waals surface area contributed by atoms with E-state index in [0.29, 0.717) is 19.5 Å². The number of alkyl halides is 3. The molecule has 1 aliphatic heterocycles. The van der Waals surface area contributed by atoms with Gasteiger partial charge in [0.25, 0.3) is 5.91 Å². The molecular weight excluding hydrogens is 287 g/mol. The van der Waals surface area contributed by atoms with Crippen LogP contribution in [-0.2, 0) is 0 Å². The molecule has 0 bridgehead atoms. The minimum absolute atomic E-state index is 0.116. The fourth-order valence-corrected chi connectivity index (χ4v) is 2.31. The van der Waals surface area contributed by atoms with Crippen LogP contribution in [0.25, 0.3) is 0 Å². The van der Waals surface area contributed by atoms with E-state index in [2.05, 4.69) is 4.98 Å². The lowest BCUT2D eigenvalue weighted by molar-refractivity contribution is -0.145. The number of pyridine rings is 1. The maximum Gasteiger partial charge on any atom is 0.401 e. The lowest BCUT2D eigenvalue weighted by Crippen LogP contribution is -2.38. The summed E-state index contributed by atoms with van der Waals surface area (Å²) < 4.78 is 37.1. The average Bonchev–Trinajstić information content (AvgIpc) is 2.61. The Hall–Kier alpha value is -1.83. The summed E-state index contributed by atoms with van der Waals surface area (Å²) in [5, 5.41) is 9.32. The second-order valence-electron chi connectivity index (χ2n) is 4.97. The van der Waals surface area contributed by atoms with E-state index in [-0.39, 0.29) is 30.3 Å². The SMILES string of the molecule is O=C(c1cncc(O)c1)N1CCCN(CC(F)(F)F)CC1. The second-order valence-corrected chi connectivity index (χ2v) is 4.97. The lowest BCUT2D eigenvalue weighted by atomic mass is 10.2. The Kier molecular flexibility index (Phi) is 4.66. The van der Waals surface area contributed by atoms with Crippen LogP contribution in [0, 0.1) is 0 Å². The van der Waals surface area contributed by atoms with Crippen LogP contribution >= 0.6 is 0 Å². The fourth-order valence-electron chi connectivity index (χ4n) is 2.31. The van der Waals surface area contributed by atoms with Gasteiger partial charge in [-0.1, -0.05) is 0 Å². The fraction of sp³-hybridized carbons (Fsp3) is 0.538.